The molecule has 0 spiro atoms. The summed E-state index contributed by atoms with van der Waals surface area (Å²) in [5, 5.41) is 14.1. The predicted molar refractivity (Wildman–Crippen MR) is 136 cm³/mol. The van der Waals surface area contributed by atoms with Crippen LogP contribution in [0, 0.1) is 0 Å². The highest BCUT2D eigenvalue weighted by Crippen LogP contribution is 2.28. The molecule has 0 aliphatic rings. The van der Waals surface area contributed by atoms with Gasteiger partial charge in [-0.25, -0.2) is 5.43 Å². The number of carbonyl (C=O) groups is 1. The van der Waals surface area contributed by atoms with Crippen LogP contribution in [0.1, 0.15) is 12.5 Å². The third-order valence-electron chi connectivity index (χ3n) is 4.94. The molecule has 0 fully saturated rings. The van der Waals surface area contributed by atoms with E-state index < -0.39 is 0 Å². The van der Waals surface area contributed by atoms with Crippen molar-refractivity contribution in [2.24, 2.45) is 5.10 Å². The number of hydrazone groups is 1. The van der Waals surface area contributed by atoms with Gasteiger partial charge < -0.3 is 4.74 Å². The average molecular weight is 492 g/mol. The smallest absolute Gasteiger partial charge is 0.250 e. The van der Waals surface area contributed by atoms with Gasteiger partial charge in [0.25, 0.3) is 5.91 Å². The molecule has 1 aromatic heterocycles. The average Bonchev–Trinajstić information content (AvgIpc) is 3.31. The monoisotopic (exact) mass is 491 g/mol. The zero-order chi connectivity index (χ0) is 23.9. The normalized spacial score (nSPS) is 11.3. The van der Waals surface area contributed by atoms with Gasteiger partial charge in [-0.15, -0.1) is 10.2 Å². The fourth-order valence-corrected chi connectivity index (χ4v) is 4.24. The Bertz CT molecular complexity index is 1310. The second-order valence-electron chi connectivity index (χ2n) is 7.21. The Balaban J connectivity index is 1.53. The first-order valence-corrected chi connectivity index (χ1v) is 11.8. The number of ether oxygens (including phenoxy) is 1. The van der Waals surface area contributed by atoms with Gasteiger partial charge in [0.05, 0.1) is 18.6 Å². The van der Waals surface area contributed by atoms with Crippen molar-refractivity contribution < 1.29 is 9.53 Å². The minimum Gasteiger partial charge on any atom is -0.497 e. The van der Waals surface area contributed by atoms with Gasteiger partial charge in [0, 0.05) is 21.8 Å². The molecule has 0 saturated heterocycles. The van der Waals surface area contributed by atoms with Gasteiger partial charge in [-0.3, -0.25) is 9.36 Å². The van der Waals surface area contributed by atoms with Crippen LogP contribution in [-0.4, -0.2) is 39.2 Å². The molecule has 0 saturated carbocycles. The van der Waals surface area contributed by atoms with E-state index in [-0.39, 0.29) is 11.7 Å². The first-order chi connectivity index (χ1) is 16.6. The minimum absolute atomic E-state index is 0.113. The van der Waals surface area contributed by atoms with E-state index in [9.17, 15) is 4.79 Å². The highest BCUT2D eigenvalue weighted by molar-refractivity contribution is 7.99. The second kappa shape index (κ2) is 11.0. The number of aromatic nitrogens is 3. The Labute approximate surface area is 206 Å². The number of hydrogen-bond donors (Lipinski definition) is 1. The maximum Gasteiger partial charge on any atom is 0.250 e. The maximum atomic E-state index is 12.5. The number of nitrogens with zero attached hydrogens (tertiary/aromatic N) is 4. The molecule has 0 unspecified atom stereocenters. The molecule has 34 heavy (non-hydrogen) atoms. The first kappa shape index (κ1) is 23.5. The van der Waals surface area contributed by atoms with Crippen molar-refractivity contribution in [1.82, 2.24) is 20.2 Å². The summed E-state index contributed by atoms with van der Waals surface area (Å²) in [4.78, 5) is 12.5. The lowest BCUT2D eigenvalue weighted by atomic mass is 10.1. The number of rotatable bonds is 8. The van der Waals surface area contributed by atoms with E-state index in [1.165, 1.54) is 11.8 Å². The van der Waals surface area contributed by atoms with Crippen LogP contribution in [0.4, 0.5) is 0 Å². The maximum absolute atomic E-state index is 12.5. The lowest BCUT2D eigenvalue weighted by Crippen LogP contribution is -2.21. The zero-order valence-electron chi connectivity index (χ0n) is 18.6. The van der Waals surface area contributed by atoms with Crippen LogP contribution in [0.5, 0.6) is 5.75 Å². The van der Waals surface area contributed by atoms with Crippen molar-refractivity contribution >= 4 is 35.0 Å². The molecular formula is C25H22ClN5O2S. The van der Waals surface area contributed by atoms with Crippen LogP contribution < -0.4 is 10.2 Å². The summed E-state index contributed by atoms with van der Waals surface area (Å²) in [6.07, 6.45) is 0. The largest absolute Gasteiger partial charge is 0.497 e. The Kier molecular flexibility index (Phi) is 7.61. The lowest BCUT2D eigenvalue weighted by Gasteiger charge is -2.11. The Hall–Kier alpha value is -3.62. The van der Waals surface area contributed by atoms with Gasteiger partial charge in [0.15, 0.2) is 11.0 Å². The molecule has 1 N–H and O–H groups in total. The number of nitrogens with one attached hydrogen (secondary N) is 1. The van der Waals surface area contributed by atoms with Crippen LogP contribution in [0.25, 0.3) is 17.1 Å². The highest BCUT2D eigenvalue weighted by Gasteiger charge is 2.17. The molecule has 1 amide bonds. The summed E-state index contributed by atoms with van der Waals surface area (Å²) >= 11 is 7.48. The molecule has 3 aromatic carbocycles. The van der Waals surface area contributed by atoms with E-state index in [0.717, 1.165) is 22.6 Å². The van der Waals surface area contributed by atoms with Gasteiger partial charge in [-0.1, -0.05) is 71.9 Å². The molecule has 7 nitrogen and oxygen atoms in total. The third kappa shape index (κ3) is 5.47. The summed E-state index contributed by atoms with van der Waals surface area (Å²) < 4.78 is 7.20. The van der Waals surface area contributed by atoms with Gasteiger partial charge >= 0.3 is 0 Å². The lowest BCUT2D eigenvalue weighted by molar-refractivity contribution is -0.118. The molecule has 1 heterocycles. The predicted octanol–water partition coefficient (Wildman–Crippen LogP) is 5.23. The quantitative estimate of drug-likeness (QED) is 0.207. The van der Waals surface area contributed by atoms with E-state index >= 15 is 0 Å². The number of halogens is 1. The van der Waals surface area contributed by atoms with Crippen LogP contribution in [0.3, 0.4) is 0 Å². The third-order valence-corrected chi connectivity index (χ3v) is 6.20. The van der Waals surface area contributed by atoms with E-state index in [4.69, 9.17) is 16.3 Å². The van der Waals surface area contributed by atoms with Crippen LogP contribution >= 0.6 is 23.4 Å². The van der Waals surface area contributed by atoms with Crippen molar-refractivity contribution in [1.29, 1.82) is 0 Å². The second-order valence-corrected chi connectivity index (χ2v) is 8.56. The number of benzene rings is 3. The number of hydrogen-bond acceptors (Lipinski definition) is 6. The molecular weight excluding hydrogens is 470 g/mol. The summed E-state index contributed by atoms with van der Waals surface area (Å²) in [6.45, 7) is 1.79. The molecule has 0 atom stereocenters. The summed E-state index contributed by atoms with van der Waals surface area (Å²) in [6, 6.07) is 24.7. The van der Waals surface area contributed by atoms with Crippen molar-refractivity contribution in [3.05, 3.63) is 89.4 Å². The molecule has 0 aliphatic heterocycles. The Morgan fingerprint density at radius 1 is 1.03 bits per heavy atom. The van der Waals surface area contributed by atoms with Gasteiger partial charge in [0.2, 0.25) is 0 Å². The standard InChI is InChI=1S/C25H22ClN5O2S/c1-17(21-10-6-7-11-22(21)26)27-28-23(32)16-34-25-30-29-24(18-8-4-3-5-9-18)31(25)19-12-14-20(33-2)15-13-19/h3-15H,16H2,1-2H3,(H,28,32)/b27-17-. The summed E-state index contributed by atoms with van der Waals surface area (Å²) in [5.74, 6) is 1.28. The van der Waals surface area contributed by atoms with Crippen molar-refractivity contribution in [2.45, 2.75) is 12.1 Å². The fourth-order valence-electron chi connectivity index (χ4n) is 3.23. The highest BCUT2D eigenvalue weighted by atomic mass is 35.5. The van der Waals surface area contributed by atoms with E-state index in [0.29, 0.717) is 21.7 Å². The van der Waals surface area contributed by atoms with Gasteiger partial charge in [-0.2, -0.15) is 5.10 Å². The Morgan fingerprint density at radius 2 is 1.74 bits per heavy atom. The number of carbonyl (C=O) groups excluding carboxylic acids is 1. The molecule has 0 aliphatic carbocycles. The fraction of sp³-hybridized carbons (Fsp3) is 0.120. The van der Waals surface area contributed by atoms with E-state index in [2.05, 4.69) is 20.7 Å². The van der Waals surface area contributed by atoms with Crippen LogP contribution in [0.2, 0.25) is 5.02 Å². The minimum atomic E-state index is -0.262. The zero-order valence-corrected chi connectivity index (χ0v) is 20.2. The van der Waals surface area contributed by atoms with Crippen molar-refractivity contribution in [2.75, 3.05) is 12.9 Å². The molecule has 172 valence electrons. The van der Waals surface area contributed by atoms with Crippen LogP contribution in [-0.2, 0) is 4.79 Å². The van der Waals surface area contributed by atoms with E-state index in [1.807, 2.05) is 77.4 Å². The van der Waals surface area contributed by atoms with Crippen LogP contribution in [0.15, 0.2) is 89.1 Å². The first-order valence-electron chi connectivity index (χ1n) is 10.4. The van der Waals surface area contributed by atoms with Crippen molar-refractivity contribution in [3.63, 3.8) is 0 Å². The number of methoxy groups -OCH3 is 1. The molecule has 0 radical (unpaired) electrons. The van der Waals surface area contributed by atoms with Gasteiger partial charge in [-0.05, 0) is 37.3 Å². The Morgan fingerprint density at radius 3 is 2.44 bits per heavy atom. The molecule has 9 heteroatoms. The summed E-state index contributed by atoms with van der Waals surface area (Å²) in [5.41, 5.74) is 5.76. The van der Waals surface area contributed by atoms with Gasteiger partial charge in [0.1, 0.15) is 5.75 Å². The van der Waals surface area contributed by atoms with E-state index in [1.54, 1.807) is 20.1 Å². The van der Waals surface area contributed by atoms with Crippen molar-refractivity contribution in [3.8, 4) is 22.8 Å². The topological polar surface area (TPSA) is 81.4 Å². The molecule has 0 bridgehead atoms. The molecule has 4 aromatic rings. The number of thioether (sulfide) groups is 1. The SMILES string of the molecule is COc1ccc(-n2c(SCC(=O)N/N=C(/C)c3ccccc3Cl)nnc2-c2ccccc2)cc1. The number of amides is 1. The molecule has 4 rings (SSSR count). The summed E-state index contributed by atoms with van der Waals surface area (Å²) in [7, 11) is 1.62.